The van der Waals surface area contributed by atoms with Crippen LogP contribution in [0.25, 0.3) is 0 Å². The third-order valence-electron chi connectivity index (χ3n) is 4.88. The molecule has 2 N–H and O–H groups in total. The molecule has 0 unspecified atom stereocenters. The van der Waals surface area contributed by atoms with Crippen molar-refractivity contribution in [1.29, 1.82) is 0 Å². The van der Waals surface area contributed by atoms with E-state index in [0.29, 0.717) is 18.8 Å². The highest BCUT2D eigenvalue weighted by Gasteiger charge is 2.22. The average Bonchev–Trinajstić information content (AvgIpc) is 2.94. The number of nitrogens with zero attached hydrogens (tertiary/aromatic N) is 1. The van der Waals surface area contributed by atoms with E-state index in [9.17, 15) is 9.59 Å². The van der Waals surface area contributed by atoms with Crippen LogP contribution in [-0.2, 0) is 22.4 Å². The molecule has 1 aromatic rings. The van der Waals surface area contributed by atoms with Gasteiger partial charge in [-0.2, -0.15) is 0 Å². The fourth-order valence-electron chi connectivity index (χ4n) is 3.40. The molecular weight excluding hydrogens is 292 g/mol. The summed E-state index contributed by atoms with van der Waals surface area (Å²) < 4.78 is 0. The third-order valence-corrected chi connectivity index (χ3v) is 4.88. The number of nitrogens with one attached hydrogen (secondary N) is 1. The number of anilines is 1. The minimum Gasteiger partial charge on any atom is -0.396 e. The van der Waals surface area contributed by atoms with Crippen molar-refractivity contribution in [3.05, 3.63) is 29.3 Å². The summed E-state index contributed by atoms with van der Waals surface area (Å²) >= 11 is 0. The lowest BCUT2D eigenvalue weighted by Gasteiger charge is -2.31. The van der Waals surface area contributed by atoms with Gasteiger partial charge in [0.1, 0.15) is 0 Å². The Bertz CT molecular complexity index is 592. The van der Waals surface area contributed by atoms with Gasteiger partial charge in [-0.3, -0.25) is 9.59 Å². The molecule has 0 bridgehead atoms. The van der Waals surface area contributed by atoms with Gasteiger partial charge in [0.05, 0.1) is 6.42 Å². The van der Waals surface area contributed by atoms with Crippen LogP contribution in [0.4, 0.5) is 5.69 Å². The van der Waals surface area contributed by atoms with E-state index >= 15 is 0 Å². The molecule has 1 fully saturated rings. The molecule has 0 radical (unpaired) electrons. The van der Waals surface area contributed by atoms with E-state index in [1.807, 2.05) is 17.0 Å². The Morgan fingerprint density at radius 1 is 1.30 bits per heavy atom. The lowest BCUT2D eigenvalue weighted by Crippen LogP contribution is -2.39. The molecule has 0 atom stereocenters. The molecule has 124 valence electrons. The van der Waals surface area contributed by atoms with Crippen molar-refractivity contribution < 1.29 is 14.7 Å². The maximum absolute atomic E-state index is 12.2. The van der Waals surface area contributed by atoms with E-state index in [0.717, 1.165) is 50.0 Å². The number of carbonyl (C=O) groups excluding carboxylic acids is 2. The SMILES string of the molecule is O=C1Cc2cc(CCCC(=O)N3CCC(CO)CC3)ccc2N1. The summed E-state index contributed by atoms with van der Waals surface area (Å²) in [6, 6.07) is 6.06. The molecule has 2 aliphatic rings. The number of aliphatic hydroxyl groups excluding tert-OH is 1. The van der Waals surface area contributed by atoms with Crippen LogP contribution in [0.3, 0.4) is 0 Å². The first kappa shape index (κ1) is 16.0. The predicted octanol–water partition coefficient (Wildman–Crippen LogP) is 1.73. The lowest BCUT2D eigenvalue weighted by atomic mass is 9.97. The number of aryl methyl sites for hydroxylation is 1. The number of rotatable bonds is 5. The largest absolute Gasteiger partial charge is 0.396 e. The number of likely N-dealkylation sites (tertiary alicyclic amines) is 1. The van der Waals surface area contributed by atoms with E-state index in [-0.39, 0.29) is 18.4 Å². The van der Waals surface area contributed by atoms with Crippen molar-refractivity contribution in [2.45, 2.75) is 38.5 Å². The van der Waals surface area contributed by atoms with Crippen molar-refractivity contribution in [3.63, 3.8) is 0 Å². The van der Waals surface area contributed by atoms with Gasteiger partial charge in [-0.15, -0.1) is 0 Å². The number of carbonyl (C=O) groups is 2. The summed E-state index contributed by atoms with van der Waals surface area (Å²) in [5.41, 5.74) is 3.17. The van der Waals surface area contributed by atoms with E-state index in [4.69, 9.17) is 5.11 Å². The highest BCUT2D eigenvalue weighted by atomic mass is 16.3. The summed E-state index contributed by atoms with van der Waals surface area (Å²) in [6.07, 6.45) is 4.54. The third kappa shape index (κ3) is 3.91. The number of benzene rings is 1. The number of amides is 2. The molecule has 5 heteroatoms. The van der Waals surface area contributed by atoms with Gasteiger partial charge in [0.2, 0.25) is 11.8 Å². The van der Waals surface area contributed by atoms with E-state index < -0.39 is 0 Å². The lowest BCUT2D eigenvalue weighted by molar-refractivity contribution is -0.132. The zero-order valence-electron chi connectivity index (χ0n) is 13.4. The van der Waals surface area contributed by atoms with Crippen LogP contribution in [0, 0.1) is 5.92 Å². The molecule has 0 spiro atoms. The Hall–Kier alpha value is -1.88. The second-order valence-corrected chi connectivity index (χ2v) is 6.58. The van der Waals surface area contributed by atoms with E-state index in [1.54, 1.807) is 0 Å². The van der Waals surface area contributed by atoms with Crippen LogP contribution in [0.1, 0.15) is 36.8 Å². The number of aliphatic hydroxyl groups is 1. The molecule has 2 amide bonds. The first-order chi connectivity index (χ1) is 11.2. The first-order valence-electron chi connectivity index (χ1n) is 8.46. The molecule has 5 nitrogen and oxygen atoms in total. The summed E-state index contributed by atoms with van der Waals surface area (Å²) in [5.74, 6) is 0.639. The van der Waals surface area contributed by atoms with Crippen LogP contribution >= 0.6 is 0 Å². The van der Waals surface area contributed by atoms with Gasteiger partial charge in [-0.1, -0.05) is 12.1 Å². The number of fused-ring (bicyclic) bond motifs is 1. The molecule has 3 rings (SSSR count). The Balaban J connectivity index is 1.44. The van der Waals surface area contributed by atoms with Gasteiger partial charge < -0.3 is 15.3 Å². The van der Waals surface area contributed by atoms with Crippen LogP contribution < -0.4 is 5.32 Å². The standard InChI is InChI=1S/C18H24N2O3/c21-12-14-6-8-20(9-7-14)18(23)3-1-2-13-4-5-16-15(10-13)11-17(22)19-16/h4-5,10,14,21H,1-3,6-9,11-12H2,(H,19,22). The average molecular weight is 316 g/mol. The van der Waals surface area contributed by atoms with Gasteiger partial charge >= 0.3 is 0 Å². The molecule has 2 heterocycles. The molecule has 0 saturated carbocycles. The molecule has 2 aliphatic heterocycles. The van der Waals surface area contributed by atoms with Gasteiger partial charge in [-0.05, 0) is 48.8 Å². The molecule has 0 aromatic heterocycles. The van der Waals surface area contributed by atoms with Gasteiger partial charge in [0.15, 0.2) is 0 Å². The summed E-state index contributed by atoms with van der Waals surface area (Å²) in [7, 11) is 0. The summed E-state index contributed by atoms with van der Waals surface area (Å²) in [5, 5.41) is 12.0. The van der Waals surface area contributed by atoms with Gasteiger partial charge in [0, 0.05) is 31.8 Å². The predicted molar refractivity (Wildman–Crippen MR) is 88.1 cm³/mol. The molecular formula is C18H24N2O3. The smallest absolute Gasteiger partial charge is 0.228 e. The number of hydrogen-bond acceptors (Lipinski definition) is 3. The molecule has 0 aliphatic carbocycles. The maximum Gasteiger partial charge on any atom is 0.228 e. The fourth-order valence-corrected chi connectivity index (χ4v) is 3.40. The summed E-state index contributed by atoms with van der Waals surface area (Å²) in [4.78, 5) is 25.5. The van der Waals surface area contributed by atoms with E-state index in [1.165, 1.54) is 5.56 Å². The van der Waals surface area contributed by atoms with Crippen molar-refractivity contribution in [3.8, 4) is 0 Å². The zero-order chi connectivity index (χ0) is 16.2. The van der Waals surface area contributed by atoms with Crippen LogP contribution in [0.2, 0.25) is 0 Å². The normalized spacial score (nSPS) is 18.0. The van der Waals surface area contributed by atoms with Gasteiger partial charge in [0.25, 0.3) is 0 Å². The quantitative estimate of drug-likeness (QED) is 0.869. The zero-order valence-corrected chi connectivity index (χ0v) is 13.4. The second-order valence-electron chi connectivity index (χ2n) is 6.58. The Kier molecular flexibility index (Phi) is 4.96. The van der Waals surface area contributed by atoms with Gasteiger partial charge in [-0.25, -0.2) is 0 Å². The number of hydrogen-bond donors (Lipinski definition) is 2. The molecule has 1 saturated heterocycles. The fraction of sp³-hybridized carbons (Fsp3) is 0.556. The molecule has 23 heavy (non-hydrogen) atoms. The minimum atomic E-state index is 0.0543. The highest BCUT2D eigenvalue weighted by molar-refractivity contribution is 5.99. The Morgan fingerprint density at radius 2 is 2.09 bits per heavy atom. The van der Waals surface area contributed by atoms with Crippen molar-refractivity contribution in [2.75, 3.05) is 25.0 Å². The van der Waals surface area contributed by atoms with Crippen molar-refractivity contribution >= 4 is 17.5 Å². The maximum atomic E-state index is 12.2. The minimum absolute atomic E-state index is 0.0543. The van der Waals surface area contributed by atoms with Crippen LogP contribution in [0.5, 0.6) is 0 Å². The van der Waals surface area contributed by atoms with Crippen molar-refractivity contribution in [1.82, 2.24) is 4.90 Å². The van der Waals surface area contributed by atoms with Crippen molar-refractivity contribution in [2.24, 2.45) is 5.92 Å². The monoisotopic (exact) mass is 316 g/mol. The van der Waals surface area contributed by atoms with E-state index in [2.05, 4.69) is 11.4 Å². The Morgan fingerprint density at radius 3 is 2.83 bits per heavy atom. The molecule has 1 aromatic carbocycles. The second kappa shape index (κ2) is 7.13. The summed E-state index contributed by atoms with van der Waals surface area (Å²) in [6.45, 7) is 1.78. The van der Waals surface area contributed by atoms with Crippen LogP contribution in [0.15, 0.2) is 18.2 Å². The van der Waals surface area contributed by atoms with Crippen LogP contribution in [-0.4, -0.2) is 41.5 Å². The topological polar surface area (TPSA) is 69.6 Å². The highest BCUT2D eigenvalue weighted by Crippen LogP contribution is 2.24. The Labute approximate surface area is 136 Å². The number of piperidine rings is 1. The first-order valence-corrected chi connectivity index (χ1v) is 8.46.